The zero-order valence-corrected chi connectivity index (χ0v) is 11.9. The molecule has 0 radical (unpaired) electrons. The Morgan fingerprint density at radius 2 is 1.89 bits per heavy atom. The van der Waals surface area contributed by atoms with E-state index in [1.54, 1.807) is 18.2 Å². The summed E-state index contributed by atoms with van der Waals surface area (Å²) >= 11 is 11.8. The molecule has 0 aliphatic rings. The van der Waals surface area contributed by atoms with Crippen molar-refractivity contribution in [3.8, 4) is 5.75 Å². The van der Waals surface area contributed by atoms with Gasteiger partial charge in [0.05, 0.1) is 23.1 Å². The molecule has 0 saturated carbocycles. The van der Waals surface area contributed by atoms with Crippen molar-refractivity contribution in [3.63, 3.8) is 0 Å². The maximum atomic E-state index is 11.5. The first kappa shape index (κ1) is 15.3. The van der Waals surface area contributed by atoms with E-state index >= 15 is 0 Å². The first-order chi connectivity index (χ1) is 8.50. The minimum Gasteiger partial charge on any atom is -0.423 e. The molecule has 1 rings (SSSR count). The lowest BCUT2D eigenvalue weighted by Gasteiger charge is -2.09. The molecule has 0 atom stereocenters. The summed E-state index contributed by atoms with van der Waals surface area (Å²) in [4.78, 5) is 11.5. The highest BCUT2D eigenvalue weighted by atomic mass is 35.5. The van der Waals surface area contributed by atoms with E-state index in [4.69, 9.17) is 32.7 Å². The summed E-state index contributed by atoms with van der Waals surface area (Å²) in [5, 5.41) is 0.637. The highest BCUT2D eigenvalue weighted by Gasteiger charge is 2.11. The van der Waals surface area contributed by atoms with Crippen LogP contribution in [0.25, 0.3) is 0 Å². The van der Waals surface area contributed by atoms with Gasteiger partial charge in [-0.1, -0.05) is 43.1 Å². The maximum absolute atomic E-state index is 11.5. The largest absolute Gasteiger partial charge is 0.423 e. The third-order valence-corrected chi connectivity index (χ3v) is 2.63. The minimum absolute atomic E-state index is 0.175. The van der Waals surface area contributed by atoms with Gasteiger partial charge in [0, 0.05) is 6.61 Å². The van der Waals surface area contributed by atoms with Gasteiger partial charge < -0.3 is 9.47 Å². The first-order valence-corrected chi connectivity index (χ1v) is 6.48. The fourth-order valence-electron chi connectivity index (χ4n) is 1.22. The second-order valence-corrected chi connectivity index (χ2v) is 5.06. The quantitative estimate of drug-likeness (QED) is 0.452. The molecule has 0 aliphatic heterocycles. The van der Waals surface area contributed by atoms with Crippen molar-refractivity contribution < 1.29 is 14.3 Å². The van der Waals surface area contributed by atoms with Gasteiger partial charge in [0.1, 0.15) is 0 Å². The zero-order valence-electron chi connectivity index (χ0n) is 10.4. The smallest absolute Gasteiger partial charge is 0.313 e. The molecule has 18 heavy (non-hydrogen) atoms. The maximum Gasteiger partial charge on any atom is 0.313 e. The van der Waals surface area contributed by atoms with Gasteiger partial charge in [-0.05, 0) is 18.1 Å². The summed E-state index contributed by atoms with van der Waals surface area (Å²) in [5.74, 6) is 0.238. The number of carbonyl (C=O) groups is 1. The van der Waals surface area contributed by atoms with Crippen LogP contribution in [0.5, 0.6) is 5.75 Å². The van der Waals surface area contributed by atoms with Crippen LogP contribution >= 0.6 is 23.2 Å². The van der Waals surface area contributed by atoms with Crippen LogP contribution in [0.2, 0.25) is 10.0 Å². The third-order valence-electron chi connectivity index (χ3n) is 2.04. The van der Waals surface area contributed by atoms with E-state index in [1.807, 2.05) is 13.8 Å². The summed E-state index contributed by atoms with van der Waals surface area (Å²) in [7, 11) is 0. The van der Waals surface area contributed by atoms with Gasteiger partial charge in [0.25, 0.3) is 0 Å². The number of esters is 1. The fraction of sp³-hybridized carbons (Fsp3) is 0.462. The normalized spacial score (nSPS) is 10.7. The van der Waals surface area contributed by atoms with Crippen LogP contribution in [0, 0.1) is 5.92 Å². The molecule has 0 aliphatic carbocycles. The molecule has 1 aromatic carbocycles. The second-order valence-electron chi connectivity index (χ2n) is 4.24. The second kappa shape index (κ2) is 7.62. The lowest BCUT2D eigenvalue weighted by atomic mass is 10.2. The number of carbonyl (C=O) groups excluding carboxylic acids is 1. The summed E-state index contributed by atoms with van der Waals surface area (Å²) in [6.07, 6.45) is 0.175. The summed E-state index contributed by atoms with van der Waals surface area (Å²) in [6, 6.07) is 4.92. The molecule has 0 fully saturated rings. The molecule has 0 bridgehead atoms. The van der Waals surface area contributed by atoms with E-state index in [1.165, 1.54) is 0 Å². The molecule has 100 valence electrons. The molecule has 0 spiro atoms. The number of para-hydroxylation sites is 1. The van der Waals surface area contributed by atoms with Crippen molar-refractivity contribution in [2.75, 3.05) is 13.2 Å². The van der Waals surface area contributed by atoms with E-state index in [2.05, 4.69) is 0 Å². The minimum atomic E-state index is -0.409. The Hall–Kier alpha value is -0.770. The Balaban J connectivity index is 2.40. The molecule has 3 nitrogen and oxygen atoms in total. The average Bonchev–Trinajstić information content (AvgIpc) is 2.29. The molecular weight excluding hydrogens is 275 g/mol. The molecule has 0 amide bonds. The highest BCUT2D eigenvalue weighted by molar-refractivity contribution is 6.37. The Morgan fingerprint density at radius 3 is 2.44 bits per heavy atom. The predicted molar refractivity (Wildman–Crippen MR) is 72.4 cm³/mol. The van der Waals surface area contributed by atoms with Crippen molar-refractivity contribution in [3.05, 3.63) is 28.2 Å². The van der Waals surface area contributed by atoms with Crippen molar-refractivity contribution >= 4 is 29.2 Å². The standard InChI is InChI=1S/C13H16Cl2O3/c1-9(2)8-17-7-6-12(16)18-13-10(14)4-3-5-11(13)15/h3-5,9H,6-8H2,1-2H3. The van der Waals surface area contributed by atoms with Crippen molar-refractivity contribution in [1.29, 1.82) is 0 Å². The van der Waals surface area contributed by atoms with E-state index < -0.39 is 5.97 Å². The molecule has 0 aromatic heterocycles. The molecule has 1 aromatic rings. The van der Waals surface area contributed by atoms with Gasteiger partial charge in [-0.25, -0.2) is 0 Å². The van der Waals surface area contributed by atoms with E-state index in [9.17, 15) is 4.79 Å². The molecule has 0 N–H and O–H groups in total. The SMILES string of the molecule is CC(C)COCCC(=O)Oc1c(Cl)cccc1Cl. The van der Waals surface area contributed by atoms with Crippen LogP contribution in [-0.2, 0) is 9.53 Å². The zero-order chi connectivity index (χ0) is 13.5. The number of benzene rings is 1. The van der Waals surface area contributed by atoms with E-state index in [0.29, 0.717) is 29.2 Å². The van der Waals surface area contributed by atoms with Crippen LogP contribution in [0.3, 0.4) is 0 Å². The van der Waals surface area contributed by atoms with Gasteiger partial charge in [-0.3, -0.25) is 4.79 Å². The molecular formula is C13H16Cl2O3. The van der Waals surface area contributed by atoms with Gasteiger partial charge in [-0.15, -0.1) is 0 Å². The highest BCUT2D eigenvalue weighted by Crippen LogP contribution is 2.32. The number of hydrogen-bond acceptors (Lipinski definition) is 3. The van der Waals surface area contributed by atoms with Crippen LogP contribution in [-0.4, -0.2) is 19.2 Å². The molecule has 5 heteroatoms. The molecule has 0 unspecified atom stereocenters. The third kappa shape index (κ3) is 5.25. The fourth-order valence-corrected chi connectivity index (χ4v) is 1.69. The lowest BCUT2D eigenvalue weighted by Crippen LogP contribution is -2.13. The lowest BCUT2D eigenvalue weighted by molar-refractivity contribution is -0.135. The van der Waals surface area contributed by atoms with Crippen molar-refractivity contribution in [1.82, 2.24) is 0 Å². The number of hydrogen-bond donors (Lipinski definition) is 0. The van der Waals surface area contributed by atoms with Crippen molar-refractivity contribution in [2.24, 2.45) is 5.92 Å². The average molecular weight is 291 g/mol. The van der Waals surface area contributed by atoms with Gasteiger partial charge in [0.2, 0.25) is 0 Å². The Labute approximate surface area is 117 Å². The molecule has 0 saturated heterocycles. The van der Waals surface area contributed by atoms with Crippen molar-refractivity contribution in [2.45, 2.75) is 20.3 Å². The topological polar surface area (TPSA) is 35.5 Å². The van der Waals surface area contributed by atoms with Gasteiger partial charge in [-0.2, -0.15) is 0 Å². The number of rotatable bonds is 6. The number of ether oxygens (including phenoxy) is 2. The summed E-state index contributed by atoms with van der Waals surface area (Å²) in [5.41, 5.74) is 0. The van der Waals surface area contributed by atoms with Gasteiger partial charge >= 0.3 is 5.97 Å². The van der Waals surface area contributed by atoms with Crippen LogP contribution in [0.15, 0.2) is 18.2 Å². The van der Waals surface area contributed by atoms with E-state index in [0.717, 1.165) is 0 Å². The molecule has 0 heterocycles. The van der Waals surface area contributed by atoms with Gasteiger partial charge in [0.15, 0.2) is 5.75 Å². The number of halogens is 2. The van der Waals surface area contributed by atoms with Crippen LogP contribution < -0.4 is 4.74 Å². The first-order valence-electron chi connectivity index (χ1n) is 5.73. The van der Waals surface area contributed by atoms with Crippen LogP contribution in [0.1, 0.15) is 20.3 Å². The van der Waals surface area contributed by atoms with Crippen LogP contribution in [0.4, 0.5) is 0 Å². The summed E-state index contributed by atoms with van der Waals surface area (Å²) in [6.45, 7) is 5.04. The Morgan fingerprint density at radius 1 is 1.28 bits per heavy atom. The predicted octanol–water partition coefficient (Wildman–Crippen LogP) is 3.96. The Kier molecular flexibility index (Phi) is 6.47. The van der Waals surface area contributed by atoms with E-state index in [-0.39, 0.29) is 12.2 Å². The summed E-state index contributed by atoms with van der Waals surface area (Å²) < 4.78 is 10.4. The Bertz CT molecular complexity index is 385. The monoisotopic (exact) mass is 290 g/mol.